The number of nitrogens with one attached hydrogen (secondary N) is 1. The molecule has 2 aromatic carbocycles. The minimum atomic E-state index is -3.67. The van der Waals surface area contributed by atoms with E-state index in [1.54, 1.807) is 24.3 Å². The van der Waals surface area contributed by atoms with Gasteiger partial charge in [-0.3, -0.25) is 9.52 Å². The molecule has 0 fully saturated rings. The third kappa shape index (κ3) is 4.60. The van der Waals surface area contributed by atoms with Crippen LogP contribution in [0.5, 0.6) is 5.75 Å². The lowest BCUT2D eigenvalue weighted by Crippen LogP contribution is -2.20. The molecule has 0 aromatic heterocycles. The molecule has 6 nitrogen and oxygen atoms in total. The molecule has 2 rings (SSSR count). The summed E-state index contributed by atoms with van der Waals surface area (Å²) in [6, 6.07) is 12.7. The first kappa shape index (κ1) is 16.6. The van der Waals surface area contributed by atoms with E-state index in [1.165, 1.54) is 24.3 Å². The van der Waals surface area contributed by atoms with Gasteiger partial charge in [-0.15, -0.1) is 0 Å². The number of ether oxygens (including phenoxy) is 1. The molecule has 1 amide bonds. The fraction of sp³-hybridized carbons (Fsp3) is 0.0714. The van der Waals surface area contributed by atoms with E-state index in [4.69, 9.17) is 10.5 Å². The third-order valence-electron chi connectivity index (χ3n) is 2.61. The molecule has 0 spiro atoms. The molecule has 116 valence electrons. The number of rotatable bonds is 6. The average Bonchev–Trinajstić information content (AvgIpc) is 2.48. The number of primary amides is 1. The second-order valence-corrected chi connectivity index (χ2v) is 7.27. The highest BCUT2D eigenvalue weighted by molar-refractivity contribution is 14.1. The Morgan fingerprint density at radius 2 is 1.68 bits per heavy atom. The fourth-order valence-corrected chi connectivity index (χ4v) is 3.02. The van der Waals surface area contributed by atoms with Crippen molar-refractivity contribution in [2.24, 2.45) is 5.73 Å². The molecule has 22 heavy (non-hydrogen) atoms. The first-order valence-corrected chi connectivity index (χ1v) is 8.72. The van der Waals surface area contributed by atoms with Gasteiger partial charge in [0.25, 0.3) is 15.9 Å². The molecular weight excluding hydrogens is 419 g/mol. The lowest BCUT2D eigenvalue weighted by Gasteiger charge is -2.09. The molecule has 0 radical (unpaired) electrons. The van der Waals surface area contributed by atoms with Crippen molar-refractivity contribution in [2.45, 2.75) is 4.90 Å². The molecule has 0 unspecified atom stereocenters. The lowest BCUT2D eigenvalue weighted by atomic mass is 10.3. The Morgan fingerprint density at radius 3 is 2.23 bits per heavy atom. The van der Waals surface area contributed by atoms with Gasteiger partial charge in [-0.25, -0.2) is 8.42 Å². The van der Waals surface area contributed by atoms with Crippen LogP contribution in [0, 0.1) is 3.57 Å². The molecular formula is C14H13IN2O4S. The second-order valence-electron chi connectivity index (χ2n) is 4.34. The number of carbonyl (C=O) groups excluding carboxylic acids is 1. The number of anilines is 1. The summed E-state index contributed by atoms with van der Waals surface area (Å²) in [6.07, 6.45) is 0. The number of halogens is 1. The molecule has 3 N–H and O–H groups in total. The number of sulfonamides is 1. The summed E-state index contributed by atoms with van der Waals surface area (Å²) in [5.74, 6) is -0.232. The average molecular weight is 432 g/mol. The minimum Gasteiger partial charge on any atom is -0.484 e. The monoisotopic (exact) mass is 432 g/mol. The predicted octanol–water partition coefficient (Wildman–Crippen LogP) is 1.96. The fourth-order valence-electron chi connectivity index (χ4n) is 1.60. The van der Waals surface area contributed by atoms with Crippen LogP contribution in [0.3, 0.4) is 0 Å². The van der Waals surface area contributed by atoms with E-state index in [1.807, 2.05) is 0 Å². The SMILES string of the molecule is NC(=O)COc1ccc(S(=O)(=O)Nc2ccc(I)cc2)cc1. The zero-order valence-corrected chi connectivity index (χ0v) is 14.3. The standard InChI is InChI=1S/C14H13IN2O4S/c15-10-1-3-11(4-2-10)17-22(19,20)13-7-5-12(6-8-13)21-9-14(16)18/h1-8,17H,9H2,(H2,16,18). The third-order valence-corrected chi connectivity index (χ3v) is 4.73. The van der Waals surface area contributed by atoms with E-state index in [0.29, 0.717) is 11.4 Å². The van der Waals surface area contributed by atoms with Gasteiger partial charge < -0.3 is 10.5 Å². The molecule has 0 saturated carbocycles. The van der Waals surface area contributed by atoms with Gasteiger partial charge in [0.15, 0.2) is 6.61 Å². The second kappa shape index (κ2) is 6.97. The number of carbonyl (C=O) groups is 1. The van der Waals surface area contributed by atoms with Gasteiger partial charge in [0.1, 0.15) is 5.75 Å². The Kier molecular flexibility index (Phi) is 5.24. The summed E-state index contributed by atoms with van der Waals surface area (Å²) in [6.45, 7) is -0.257. The predicted molar refractivity (Wildman–Crippen MR) is 91.1 cm³/mol. The zero-order chi connectivity index (χ0) is 16.2. The van der Waals surface area contributed by atoms with Crippen molar-refractivity contribution in [1.29, 1.82) is 0 Å². The Balaban J connectivity index is 2.12. The maximum absolute atomic E-state index is 12.2. The molecule has 0 heterocycles. The van der Waals surface area contributed by atoms with Crippen molar-refractivity contribution in [3.63, 3.8) is 0 Å². The van der Waals surface area contributed by atoms with Crippen LogP contribution >= 0.6 is 22.6 Å². The molecule has 0 bridgehead atoms. The summed E-state index contributed by atoms with van der Waals surface area (Å²) < 4.78 is 33.0. The maximum atomic E-state index is 12.2. The quantitative estimate of drug-likeness (QED) is 0.682. The first-order chi connectivity index (χ1) is 10.4. The van der Waals surface area contributed by atoms with E-state index in [2.05, 4.69) is 27.3 Å². The highest BCUT2D eigenvalue weighted by Gasteiger charge is 2.14. The van der Waals surface area contributed by atoms with Crippen LogP contribution in [0.25, 0.3) is 0 Å². The van der Waals surface area contributed by atoms with E-state index in [0.717, 1.165) is 3.57 Å². The van der Waals surface area contributed by atoms with Crippen molar-refractivity contribution in [2.75, 3.05) is 11.3 Å². The number of benzene rings is 2. The van der Waals surface area contributed by atoms with E-state index in [9.17, 15) is 13.2 Å². The normalized spacial score (nSPS) is 11.0. The van der Waals surface area contributed by atoms with Gasteiger partial charge in [0.05, 0.1) is 4.90 Å². The number of hydrogen-bond acceptors (Lipinski definition) is 4. The first-order valence-electron chi connectivity index (χ1n) is 6.16. The summed E-state index contributed by atoms with van der Waals surface area (Å²) in [7, 11) is -3.67. The molecule has 0 aliphatic heterocycles. The molecule has 8 heteroatoms. The van der Waals surface area contributed by atoms with Gasteiger partial charge in [0.2, 0.25) is 0 Å². The Hall–Kier alpha value is -1.81. The van der Waals surface area contributed by atoms with Crippen LogP contribution in [0.2, 0.25) is 0 Å². The summed E-state index contributed by atoms with van der Waals surface area (Å²) in [5.41, 5.74) is 5.45. The highest BCUT2D eigenvalue weighted by Crippen LogP contribution is 2.20. The molecule has 0 aliphatic rings. The minimum absolute atomic E-state index is 0.0949. The topological polar surface area (TPSA) is 98.5 Å². The number of amides is 1. The van der Waals surface area contributed by atoms with E-state index >= 15 is 0 Å². The molecule has 0 atom stereocenters. The molecule has 2 aromatic rings. The Bertz CT molecular complexity index is 758. The van der Waals surface area contributed by atoms with Gasteiger partial charge in [0, 0.05) is 9.26 Å². The van der Waals surface area contributed by atoms with Crippen LogP contribution < -0.4 is 15.2 Å². The van der Waals surface area contributed by atoms with Crippen molar-refractivity contribution in [3.8, 4) is 5.75 Å². The van der Waals surface area contributed by atoms with Crippen LogP contribution in [0.1, 0.15) is 0 Å². The van der Waals surface area contributed by atoms with Crippen LogP contribution in [-0.4, -0.2) is 20.9 Å². The van der Waals surface area contributed by atoms with Crippen molar-refractivity contribution < 1.29 is 17.9 Å². The van der Waals surface area contributed by atoms with Gasteiger partial charge >= 0.3 is 0 Å². The van der Waals surface area contributed by atoms with E-state index < -0.39 is 15.9 Å². The van der Waals surface area contributed by atoms with Gasteiger partial charge in [-0.1, -0.05) is 0 Å². The highest BCUT2D eigenvalue weighted by atomic mass is 127. The van der Waals surface area contributed by atoms with Gasteiger partial charge in [-0.05, 0) is 71.1 Å². The van der Waals surface area contributed by atoms with Crippen LogP contribution in [0.15, 0.2) is 53.4 Å². The van der Waals surface area contributed by atoms with Crippen LogP contribution in [0.4, 0.5) is 5.69 Å². The summed E-state index contributed by atoms with van der Waals surface area (Å²) in [4.78, 5) is 10.7. The smallest absolute Gasteiger partial charge is 0.261 e. The Labute approximate surface area is 141 Å². The number of hydrogen-bond donors (Lipinski definition) is 2. The van der Waals surface area contributed by atoms with Crippen molar-refractivity contribution >= 4 is 44.2 Å². The number of nitrogens with two attached hydrogens (primary N) is 1. The van der Waals surface area contributed by atoms with E-state index in [-0.39, 0.29) is 11.5 Å². The molecule has 0 saturated heterocycles. The van der Waals surface area contributed by atoms with Crippen molar-refractivity contribution in [3.05, 3.63) is 52.1 Å². The largest absolute Gasteiger partial charge is 0.484 e. The van der Waals surface area contributed by atoms with Crippen molar-refractivity contribution in [1.82, 2.24) is 0 Å². The van der Waals surface area contributed by atoms with Gasteiger partial charge in [-0.2, -0.15) is 0 Å². The summed E-state index contributed by atoms with van der Waals surface area (Å²) >= 11 is 2.14. The lowest BCUT2D eigenvalue weighted by molar-refractivity contribution is -0.119. The molecule has 0 aliphatic carbocycles. The Morgan fingerprint density at radius 1 is 1.09 bits per heavy atom. The zero-order valence-electron chi connectivity index (χ0n) is 11.3. The maximum Gasteiger partial charge on any atom is 0.261 e. The summed E-state index contributed by atoms with van der Waals surface area (Å²) in [5, 5.41) is 0. The van der Waals surface area contributed by atoms with Crippen LogP contribution in [-0.2, 0) is 14.8 Å².